The number of fused-ring (bicyclic) bond motifs is 3. The largest absolute Gasteiger partial charge is 0.358 e. The van der Waals surface area contributed by atoms with E-state index in [0.29, 0.717) is 0 Å². The number of hydrogen-bond acceptors (Lipinski definition) is 2. The summed E-state index contributed by atoms with van der Waals surface area (Å²) in [6.07, 6.45) is 1.06. The molecule has 2 heterocycles. The van der Waals surface area contributed by atoms with Gasteiger partial charge in [0.15, 0.2) is 0 Å². The summed E-state index contributed by atoms with van der Waals surface area (Å²) in [6, 6.07) is 6.05. The molecule has 0 bridgehead atoms. The minimum Gasteiger partial charge on any atom is -0.358 e. The standard InChI is InChI=1S/C17H23N3O/c1-4-20(5-2)17(21)12-6-7-15-13(10-12)14-11-19(3)9-8-16(14)18-15/h6-7,10,18H,4-5,8-9,11H2,1-3H3. The molecule has 0 atom stereocenters. The normalized spacial score (nSPS) is 15.2. The Morgan fingerprint density at radius 2 is 2.10 bits per heavy atom. The molecule has 0 saturated carbocycles. The highest BCUT2D eigenvalue weighted by atomic mass is 16.2. The lowest BCUT2D eigenvalue weighted by Crippen LogP contribution is -2.30. The lowest BCUT2D eigenvalue weighted by Gasteiger charge is -2.22. The fraction of sp³-hybridized carbons (Fsp3) is 0.471. The maximum atomic E-state index is 12.5. The van der Waals surface area contributed by atoms with E-state index < -0.39 is 0 Å². The van der Waals surface area contributed by atoms with Crippen molar-refractivity contribution >= 4 is 16.8 Å². The smallest absolute Gasteiger partial charge is 0.253 e. The van der Waals surface area contributed by atoms with Crippen LogP contribution in [0.15, 0.2) is 18.2 Å². The van der Waals surface area contributed by atoms with Gasteiger partial charge >= 0.3 is 0 Å². The third-order valence-corrected chi connectivity index (χ3v) is 4.46. The number of benzene rings is 1. The highest BCUT2D eigenvalue weighted by Gasteiger charge is 2.20. The molecule has 3 rings (SSSR count). The van der Waals surface area contributed by atoms with E-state index in [1.807, 2.05) is 30.9 Å². The molecule has 0 unspecified atom stereocenters. The number of aromatic nitrogens is 1. The topological polar surface area (TPSA) is 39.3 Å². The van der Waals surface area contributed by atoms with Crippen molar-refractivity contribution in [3.63, 3.8) is 0 Å². The van der Waals surface area contributed by atoms with Crippen LogP contribution in [-0.4, -0.2) is 47.4 Å². The van der Waals surface area contributed by atoms with E-state index in [0.717, 1.165) is 43.7 Å². The van der Waals surface area contributed by atoms with Crippen molar-refractivity contribution in [2.75, 3.05) is 26.7 Å². The number of H-pyrrole nitrogens is 1. The number of hydrogen-bond donors (Lipinski definition) is 1. The Balaban J connectivity index is 2.03. The lowest BCUT2D eigenvalue weighted by molar-refractivity contribution is 0.0773. The number of rotatable bonds is 3. The predicted octanol–water partition coefficient (Wildman–Crippen LogP) is 2.64. The second-order valence-corrected chi connectivity index (χ2v) is 5.81. The van der Waals surface area contributed by atoms with Crippen molar-refractivity contribution in [2.45, 2.75) is 26.8 Å². The zero-order valence-electron chi connectivity index (χ0n) is 13.1. The summed E-state index contributed by atoms with van der Waals surface area (Å²) in [5.41, 5.74) is 4.62. The highest BCUT2D eigenvalue weighted by Crippen LogP contribution is 2.28. The van der Waals surface area contributed by atoms with Crippen LogP contribution in [0.3, 0.4) is 0 Å². The van der Waals surface area contributed by atoms with Crippen LogP contribution in [0.2, 0.25) is 0 Å². The van der Waals surface area contributed by atoms with Crippen molar-refractivity contribution in [2.24, 2.45) is 0 Å². The van der Waals surface area contributed by atoms with Gasteiger partial charge in [-0.05, 0) is 44.7 Å². The molecule has 1 aromatic heterocycles. The number of nitrogens with one attached hydrogen (secondary N) is 1. The molecule has 21 heavy (non-hydrogen) atoms. The second kappa shape index (κ2) is 5.53. The van der Waals surface area contributed by atoms with Crippen molar-refractivity contribution in [3.8, 4) is 0 Å². The SMILES string of the molecule is CCN(CC)C(=O)c1ccc2[nH]c3c(c2c1)CN(C)CC3. The molecule has 1 amide bonds. The molecular formula is C17H23N3O. The fourth-order valence-corrected chi connectivity index (χ4v) is 3.18. The van der Waals surface area contributed by atoms with Crippen LogP contribution in [0.1, 0.15) is 35.5 Å². The molecule has 112 valence electrons. The van der Waals surface area contributed by atoms with Gasteiger partial charge in [0.05, 0.1) is 0 Å². The Bertz CT molecular complexity index is 670. The summed E-state index contributed by atoms with van der Waals surface area (Å²) in [5.74, 6) is 0.126. The van der Waals surface area contributed by atoms with Gasteiger partial charge in [0.1, 0.15) is 0 Å². The van der Waals surface area contributed by atoms with E-state index in [1.54, 1.807) is 0 Å². The summed E-state index contributed by atoms with van der Waals surface area (Å²) in [7, 11) is 2.15. The molecule has 0 aliphatic carbocycles. The molecule has 0 saturated heterocycles. The van der Waals surface area contributed by atoms with Gasteiger partial charge in [0.2, 0.25) is 0 Å². The van der Waals surface area contributed by atoms with Gasteiger partial charge in [-0.3, -0.25) is 4.79 Å². The Morgan fingerprint density at radius 1 is 1.33 bits per heavy atom. The third-order valence-electron chi connectivity index (χ3n) is 4.46. The number of likely N-dealkylation sites (N-methyl/N-ethyl adjacent to an activating group) is 1. The first-order valence-corrected chi connectivity index (χ1v) is 7.75. The van der Waals surface area contributed by atoms with E-state index >= 15 is 0 Å². The maximum Gasteiger partial charge on any atom is 0.253 e. The molecule has 1 aliphatic rings. The third kappa shape index (κ3) is 2.44. The van der Waals surface area contributed by atoms with Crippen LogP contribution in [0.4, 0.5) is 0 Å². The summed E-state index contributed by atoms with van der Waals surface area (Å²) in [5, 5.41) is 1.20. The van der Waals surface area contributed by atoms with Crippen LogP contribution < -0.4 is 0 Å². The Hall–Kier alpha value is -1.81. The van der Waals surface area contributed by atoms with E-state index in [9.17, 15) is 4.79 Å². The molecule has 1 aromatic carbocycles. The van der Waals surface area contributed by atoms with Gasteiger partial charge in [0.25, 0.3) is 5.91 Å². The number of carbonyl (C=O) groups is 1. The van der Waals surface area contributed by atoms with Gasteiger partial charge in [-0.25, -0.2) is 0 Å². The monoisotopic (exact) mass is 285 g/mol. The molecule has 4 nitrogen and oxygen atoms in total. The first-order chi connectivity index (χ1) is 10.1. The van der Waals surface area contributed by atoms with E-state index in [-0.39, 0.29) is 5.91 Å². The van der Waals surface area contributed by atoms with Crippen molar-refractivity contribution in [1.82, 2.24) is 14.8 Å². The van der Waals surface area contributed by atoms with Crippen LogP contribution in [-0.2, 0) is 13.0 Å². The minimum absolute atomic E-state index is 0.126. The number of nitrogens with zero attached hydrogens (tertiary/aromatic N) is 2. The molecular weight excluding hydrogens is 262 g/mol. The van der Waals surface area contributed by atoms with Gasteiger partial charge < -0.3 is 14.8 Å². The van der Waals surface area contributed by atoms with Crippen LogP contribution in [0.25, 0.3) is 10.9 Å². The van der Waals surface area contributed by atoms with Crippen molar-refractivity contribution < 1.29 is 4.79 Å². The number of aromatic amines is 1. The second-order valence-electron chi connectivity index (χ2n) is 5.81. The molecule has 0 radical (unpaired) electrons. The molecule has 1 aliphatic heterocycles. The summed E-state index contributed by atoms with van der Waals surface area (Å²) >= 11 is 0. The first-order valence-electron chi connectivity index (χ1n) is 7.75. The predicted molar refractivity (Wildman–Crippen MR) is 85.6 cm³/mol. The average Bonchev–Trinajstić information content (AvgIpc) is 2.85. The van der Waals surface area contributed by atoms with Crippen LogP contribution >= 0.6 is 0 Å². The number of carbonyl (C=O) groups excluding carboxylic acids is 1. The Kier molecular flexibility index (Phi) is 3.72. The lowest BCUT2D eigenvalue weighted by atomic mass is 10.0. The first kappa shape index (κ1) is 14.1. The van der Waals surface area contributed by atoms with Crippen LogP contribution in [0.5, 0.6) is 0 Å². The average molecular weight is 285 g/mol. The molecule has 1 N–H and O–H groups in total. The van der Waals surface area contributed by atoms with E-state index in [1.165, 1.54) is 16.6 Å². The zero-order valence-corrected chi connectivity index (χ0v) is 13.1. The number of amides is 1. The van der Waals surface area contributed by atoms with Crippen LogP contribution in [0, 0.1) is 0 Å². The molecule has 4 heteroatoms. The summed E-state index contributed by atoms with van der Waals surface area (Å²) < 4.78 is 0. The quantitative estimate of drug-likeness (QED) is 0.941. The van der Waals surface area contributed by atoms with Gasteiger partial charge in [0, 0.05) is 54.8 Å². The van der Waals surface area contributed by atoms with Gasteiger partial charge in [-0.1, -0.05) is 0 Å². The molecule has 0 fully saturated rings. The Labute approximate surface area is 125 Å². The minimum atomic E-state index is 0.126. The molecule has 0 spiro atoms. The van der Waals surface area contributed by atoms with E-state index in [2.05, 4.69) is 23.0 Å². The van der Waals surface area contributed by atoms with Gasteiger partial charge in [-0.15, -0.1) is 0 Å². The fourth-order valence-electron chi connectivity index (χ4n) is 3.18. The van der Waals surface area contributed by atoms with Crippen molar-refractivity contribution in [3.05, 3.63) is 35.0 Å². The highest BCUT2D eigenvalue weighted by molar-refractivity contribution is 5.99. The summed E-state index contributed by atoms with van der Waals surface area (Å²) in [4.78, 5) is 20.2. The van der Waals surface area contributed by atoms with Gasteiger partial charge in [-0.2, -0.15) is 0 Å². The summed E-state index contributed by atoms with van der Waals surface area (Å²) in [6.45, 7) is 7.59. The molecule has 2 aromatic rings. The zero-order chi connectivity index (χ0) is 15.0. The Morgan fingerprint density at radius 3 is 2.81 bits per heavy atom. The maximum absolute atomic E-state index is 12.5. The van der Waals surface area contributed by atoms with Crippen molar-refractivity contribution in [1.29, 1.82) is 0 Å². The van der Waals surface area contributed by atoms with E-state index in [4.69, 9.17) is 0 Å².